The predicted octanol–water partition coefficient (Wildman–Crippen LogP) is 4.11. The maximum Gasteiger partial charge on any atom is 0.258 e. The molecule has 1 heterocycles. The minimum Gasteiger partial charge on any atom is -0.441 e. The van der Waals surface area contributed by atoms with Gasteiger partial charge in [0.15, 0.2) is 0 Å². The number of carbonyl (C=O) groups excluding carboxylic acids is 1. The molecule has 1 N–H and O–H groups in total. The lowest BCUT2D eigenvalue weighted by atomic mass is 10.1. The highest BCUT2D eigenvalue weighted by atomic mass is 19.1. The summed E-state index contributed by atoms with van der Waals surface area (Å²) in [5.41, 5.74) is 2.05. The lowest BCUT2D eigenvalue weighted by Crippen LogP contribution is -2.17. The van der Waals surface area contributed by atoms with Gasteiger partial charge in [-0.25, -0.2) is 9.37 Å². The topological polar surface area (TPSA) is 58.4 Å². The molecular formula is C19H18FN3O2. The quantitative estimate of drug-likeness (QED) is 0.777. The Morgan fingerprint density at radius 2 is 1.96 bits per heavy atom. The first-order chi connectivity index (χ1) is 12.0. The molecule has 5 nitrogen and oxygen atoms in total. The van der Waals surface area contributed by atoms with Crippen LogP contribution >= 0.6 is 0 Å². The third-order valence-corrected chi connectivity index (χ3v) is 3.71. The number of carbonyl (C=O) groups is 1. The summed E-state index contributed by atoms with van der Waals surface area (Å²) in [6, 6.07) is 11.3. The van der Waals surface area contributed by atoms with Gasteiger partial charge in [0, 0.05) is 19.7 Å². The number of oxazole rings is 1. The molecule has 0 fully saturated rings. The largest absolute Gasteiger partial charge is 0.441 e. The van der Waals surface area contributed by atoms with Crippen molar-refractivity contribution < 1.29 is 13.6 Å². The summed E-state index contributed by atoms with van der Waals surface area (Å²) in [5, 5.41) is 2.78. The van der Waals surface area contributed by atoms with Crippen molar-refractivity contribution in [3.8, 4) is 11.5 Å². The van der Waals surface area contributed by atoms with Crippen LogP contribution in [0.5, 0.6) is 0 Å². The second kappa shape index (κ2) is 6.76. The second-order valence-corrected chi connectivity index (χ2v) is 5.84. The summed E-state index contributed by atoms with van der Waals surface area (Å²) in [6.07, 6.45) is 1.63. The molecule has 0 aliphatic heterocycles. The van der Waals surface area contributed by atoms with Gasteiger partial charge in [0.1, 0.15) is 11.6 Å². The highest BCUT2D eigenvalue weighted by molar-refractivity contribution is 6.06. The van der Waals surface area contributed by atoms with Crippen LogP contribution in [0.15, 0.2) is 53.1 Å². The fraction of sp³-hybridized carbons (Fsp3) is 0.158. The highest BCUT2D eigenvalue weighted by Crippen LogP contribution is 2.31. The molecule has 0 bridgehead atoms. The average Bonchev–Trinajstić information content (AvgIpc) is 3.01. The van der Waals surface area contributed by atoms with E-state index >= 15 is 0 Å². The van der Waals surface area contributed by atoms with Gasteiger partial charge in [-0.3, -0.25) is 4.79 Å². The third kappa shape index (κ3) is 3.52. The van der Waals surface area contributed by atoms with Crippen LogP contribution in [0.3, 0.4) is 0 Å². The molecule has 25 heavy (non-hydrogen) atoms. The minimum atomic E-state index is -0.564. The molecule has 1 amide bonds. The van der Waals surface area contributed by atoms with E-state index in [9.17, 15) is 9.18 Å². The third-order valence-electron chi connectivity index (χ3n) is 3.71. The summed E-state index contributed by atoms with van der Waals surface area (Å²) in [6.45, 7) is 1.81. The summed E-state index contributed by atoms with van der Waals surface area (Å²) in [4.78, 5) is 18.5. The van der Waals surface area contributed by atoms with Crippen LogP contribution in [-0.2, 0) is 0 Å². The van der Waals surface area contributed by atoms with Crippen molar-refractivity contribution in [2.24, 2.45) is 0 Å². The Morgan fingerprint density at radius 3 is 2.60 bits per heavy atom. The van der Waals surface area contributed by atoms with Gasteiger partial charge < -0.3 is 14.6 Å². The number of halogens is 1. The number of aromatic nitrogens is 1. The normalized spacial score (nSPS) is 10.6. The molecule has 0 saturated carbocycles. The first-order valence-corrected chi connectivity index (χ1v) is 7.76. The van der Waals surface area contributed by atoms with Gasteiger partial charge in [-0.1, -0.05) is 12.1 Å². The molecule has 0 radical (unpaired) electrons. The van der Waals surface area contributed by atoms with Gasteiger partial charge in [0.25, 0.3) is 5.91 Å². The Morgan fingerprint density at radius 1 is 1.20 bits per heavy atom. The minimum absolute atomic E-state index is 0.00965. The number of hydrogen-bond acceptors (Lipinski definition) is 4. The van der Waals surface area contributed by atoms with E-state index in [1.54, 1.807) is 24.4 Å². The van der Waals surface area contributed by atoms with Crippen LogP contribution in [0.1, 0.15) is 16.1 Å². The number of nitrogens with one attached hydrogen (secondary N) is 1. The molecule has 2 aromatic carbocycles. The Kier molecular flexibility index (Phi) is 4.52. The standard InChI is InChI=1S/C19H18FN3O2/c1-12-11-21-19(25-12)13-8-9-17(23(2)3)16(10-13)22-18(24)14-6-4-5-7-15(14)20/h4-11H,1-3H3,(H,22,24). The number of hydrogen-bond donors (Lipinski definition) is 1. The fourth-order valence-corrected chi connectivity index (χ4v) is 2.48. The SMILES string of the molecule is Cc1cnc(-c2ccc(N(C)C)c(NC(=O)c3ccccc3F)c2)o1. The molecule has 1 aromatic heterocycles. The van der Waals surface area contributed by atoms with E-state index in [-0.39, 0.29) is 5.56 Å². The second-order valence-electron chi connectivity index (χ2n) is 5.84. The molecule has 3 rings (SSSR count). The van der Waals surface area contributed by atoms with E-state index in [0.717, 1.165) is 11.3 Å². The van der Waals surface area contributed by atoms with Gasteiger partial charge in [-0.15, -0.1) is 0 Å². The van der Waals surface area contributed by atoms with Crippen LogP contribution in [0.25, 0.3) is 11.5 Å². The van der Waals surface area contributed by atoms with Crippen molar-refractivity contribution >= 4 is 17.3 Å². The van der Waals surface area contributed by atoms with E-state index < -0.39 is 11.7 Å². The molecule has 128 valence electrons. The summed E-state index contributed by atoms with van der Waals surface area (Å²) >= 11 is 0. The number of nitrogens with zero attached hydrogens (tertiary/aromatic N) is 2. The maximum absolute atomic E-state index is 13.9. The van der Waals surface area contributed by atoms with Crippen LogP contribution in [0.4, 0.5) is 15.8 Å². The molecule has 0 atom stereocenters. The van der Waals surface area contributed by atoms with Crippen LogP contribution in [-0.4, -0.2) is 25.0 Å². The zero-order valence-corrected chi connectivity index (χ0v) is 14.2. The van der Waals surface area contributed by atoms with Gasteiger partial charge in [0.2, 0.25) is 5.89 Å². The van der Waals surface area contributed by atoms with Crippen molar-refractivity contribution in [1.29, 1.82) is 0 Å². The van der Waals surface area contributed by atoms with Crippen LogP contribution in [0.2, 0.25) is 0 Å². The molecule has 3 aromatic rings. The van der Waals surface area contributed by atoms with E-state index in [1.807, 2.05) is 38.1 Å². The molecule has 0 saturated heterocycles. The Labute approximate surface area is 145 Å². The zero-order valence-electron chi connectivity index (χ0n) is 14.2. The van der Waals surface area contributed by atoms with Gasteiger partial charge >= 0.3 is 0 Å². The number of anilines is 2. The number of aryl methyl sites for hydroxylation is 1. The van der Waals surface area contributed by atoms with Crippen molar-refractivity contribution in [3.63, 3.8) is 0 Å². The monoisotopic (exact) mass is 339 g/mol. The van der Waals surface area contributed by atoms with E-state index in [4.69, 9.17) is 4.42 Å². The molecule has 0 spiro atoms. The molecule has 6 heteroatoms. The lowest BCUT2D eigenvalue weighted by molar-refractivity contribution is 0.102. The molecular weight excluding hydrogens is 321 g/mol. The molecule has 0 aliphatic rings. The van der Waals surface area contributed by atoms with Gasteiger partial charge in [0.05, 0.1) is 23.1 Å². The molecule has 0 unspecified atom stereocenters. The Bertz CT molecular complexity index is 919. The average molecular weight is 339 g/mol. The summed E-state index contributed by atoms with van der Waals surface area (Å²) in [7, 11) is 3.73. The number of rotatable bonds is 4. The van der Waals surface area contributed by atoms with E-state index in [1.165, 1.54) is 12.1 Å². The fourth-order valence-electron chi connectivity index (χ4n) is 2.48. The van der Waals surface area contributed by atoms with Gasteiger partial charge in [-0.05, 0) is 37.3 Å². The summed E-state index contributed by atoms with van der Waals surface area (Å²) in [5.74, 6) is 0.0839. The Balaban J connectivity index is 1.98. The lowest BCUT2D eigenvalue weighted by Gasteiger charge is -2.18. The van der Waals surface area contributed by atoms with Crippen LogP contribution < -0.4 is 10.2 Å². The first kappa shape index (κ1) is 16.7. The van der Waals surface area contributed by atoms with Crippen molar-refractivity contribution in [2.75, 3.05) is 24.3 Å². The van der Waals surface area contributed by atoms with Crippen molar-refractivity contribution in [3.05, 3.63) is 65.8 Å². The predicted molar refractivity (Wildman–Crippen MR) is 95.4 cm³/mol. The highest BCUT2D eigenvalue weighted by Gasteiger charge is 2.16. The maximum atomic E-state index is 13.9. The molecule has 0 aliphatic carbocycles. The number of benzene rings is 2. The summed E-state index contributed by atoms with van der Waals surface area (Å²) < 4.78 is 19.4. The van der Waals surface area contributed by atoms with Crippen molar-refractivity contribution in [1.82, 2.24) is 4.98 Å². The van der Waals surface area contributed by atoms with Gasteiger partial charge in [-0.2, -0.15) is 0 Å². The first-order valence-electron chi connectivity index (χ1n) is 7.76. The smallest absolute Gasteiger partial charge is 0.258 e. The zero-order chi connectivity index (χ0) is 18.0. The van der Waals surface area contributed by atoms with E-state index in [0.29, 0.717) is 17.3 Å². The Hall–Kier alpha value is -3.15. The van der Waals surface area contributed by atoms with Crippen LogP contribution in [0, 0.1) is 12.7 Å². The number of amides is 1. The van der Waals surface area contributed by atoms with Crippen molar-refractivity contribution in [2.45, 2.75) is 6.92 Å². The van der Waals surface area contributed by atoms with E-state index in [2.05, 4.69) is 10.3 Å².